The van der Waals surface area contributed by atoms with Crippen molar-refractivity contribution in [3.05, 3.63) is 74.1 Å². The smallest absolute Gasteiger partial charge is 0.341 e. The number of amides is 2. The molecule has 0 unspecified atom stereocenters. The van der Waals surface area contributed by atoms with E-state index in [2.05, 4.69) is 17.6 Å². The Balaban J connectivity index is 1.43. The number of hydrogen-bond acceptors (Lipinski definition) is 6. The molecule has 2 aromatic carbocycles. The van der Waals surface area contributed by atoms with Crippen LogP contribution in [0.1, 0.15) is 58.3 Å². The first-order chi connectivity index (χ1) is 18.2. The van der Waals surface area contributed by atoms with Crippen LogP contribution in [-0.4, -0.2) is 30.5 Å². The number of ether oxygens (including phenoxy) is 2. The zero-order chi connectivity index (χ0) is 27.4. The standard InChI is InChI=1S/C28H28Cl2N2O5S/c1-4-36-28(35)24-20-11-5-15(2)13-23(20)38-27(24)32-26(34)17-6-9-19(10-7-17)37-16(3)25(33)31-22-14-18(29)8-12-21(22)30/h6-10,12,14-16H,4-5,11,13H2,1-3H3,(H,31,33)(H,32,34)/t15-,16-/m0/s1. The number of thiophene rings is 1. The maximum absolute atomic E-state index is 13.0. The summed E-state index contributed by atoms with van der Waals surface area (Å²) >= 11 is 13.5. The average molecular weight is 576 g/mol. The number of nitrogens with one attached hydrogen (secondary N) is 2. The largest absolute Gasteiger partial charge is 0.481 e. The Bertz CT molecular complexity index is 1360. The molecule has 2 N–H and O–H groups in total. The van der Waals surface area contributed by atoms with Crippen LogP contribution < -0.4 is 15.4 Å². The van der Waals surface area contributed by atoms with E-state index in [1.165, 1.54) is 11.3 Å². The van der Waals surface area contributed by atoms with Crippen LogP contribution >= 0.6 is 34.5 Å². The molecular weight excluding hydrogens is 547 g/mol. The molecular formula is C28H28Cl2N2O5S. The van der Waals surface area contributed by atoms with Gasteiger partial charge in [0.25, 0.3) is 11.8 Å². The summed E-state index contributed by atoms with van der Waals surface area (Å²) in [6.45, 7) is 5.81. The van der Waals surface area contributed by atoms with E-state index in [1.807, 2.05) is 0 Å². The Labute approximate surface area is 235 Å². The van der Waals surface area contributed by atoms with Crippen LogP contribution in [0.3, 0.4) is 0 Å². The van der Waals surface area contributed by atoms with Gasteiger partial charge in [0.05, 0.1) is 22.9 Å². The monoisotopic (exact) mass is 574 g/mol. The van der Waals surface area contributed by atoms with E-state index in [9.17, 15) is 14.4 Å². The molecule has 1 aliphatic carbocycles. The molecule has 0 saturated heterocycles. The first kappa shape index (κ1) is 28.0. The first-order valence-corrected chi connectivity index (χ1v) is 13.9. The lowest BCUT2D eigenvalue weighted by atomic mass is 9.88. The second kappa shape index (κ2) is 12.2. The van der Waals surface area contributed by atoms with Gasteiger partial charge in [0, 0.05) is 15.5 Å². The number of fused-ring (bicyclic) bond motifs is 1. The van der Waals surface area contributed by atoms with Gasteiger partial charge in [-0.25, -0.2) is 4.79 Å². The third-order valence-electron chi connectivity index (χ3n) is 6.20. The quantitative estimate of drug-likeness (QED) is 0.282. The summed E-state index contributed by atoms with van der Waals surface area (Å²) in [5.41, 5.74) is 2.22. The highest BCUT2D eigenvalue weighted by Gasteiger charge is 2.29. The summed E-state index contributed by atoms with van der Waals surface area (Å²) in [6.07, 6.45) is 1.83. The molecule has 38 heavy (non-hydrogen) atoms. The van der Waals surface area contributed by atoms with Crippen LogP contribution in [0.5, 0.6) is 5.75 Å². The molecule has 0 bridgehead atoms. The van der Waals surface area contributed by atoms with Gasteiger partial charge in [0.15, 0.2) is 6.10 Å². The number of esters is 1. The third-order valence-corrected chi connectivity index (χ3v) is 7.94. The maximum Gasteiger partial charge on any atom is 0.341 e. The number of carbonyl (C=O) groups is 3. The normalized spacial score (nSPS) is 15.2. The maximum atomic E-state index is 13.0. The Morgan fingerprint density at radius 1 is 1.11 bits per heavy atom. The lowest BCUT2D eigenvalue weighted by molar-refractivity contribution is -0.122. The molecule has 0 saturated carbocycles. The van der Waals surface area contributed by atoms with Gasteiger partial charge in [-0.3, -0.25) is 9.59 Å². The molecule has 0 aliphatic heterocycles. The van der Waals surface area contributed by atoms with Crippen molar-refractivity contribution in [1.82, 2.24) is 0 Å². The van der Waals surface area contributed by atoms with E-state index >= 15 is 0 Å². The van der Waals surface area contributed by atoms with E-state index < -0.39 is 18.0 Å². The zero-order valence-electron chi connectivity index (χ0n) is 21.2. The molecule has 1 aliphatic rings. The fourth-order valence-electron chi connectivity index (χ4n) is 4.20. The number of halogens is 2. The molecule has 1 heterocycles. The summed E-state index contributed by atoms with van der Waals surface area (Å²) in [6, 6.07) is 11.2. The van der Waals surface area contributed by atoms with Crippen molar-refractivity contribution < 1.29 is 23.9 Å². The Morgan fingerprint density at radius 3 is 2.55 bits per heavy atom. The van der Waals surface area contributed by atoms with Crippen molar-refractivity contribution in [2.75, 3.05) is 17.2 Å². The van der Waals surface area contributed by atoms with E-state index in [0.717, 1.165) is 29.7 Å². The Kier molecular flexibility index (Phi) is 8.97. The van der Waals surface area contributed by atoms with Gasteiger partial charge < -0.3 is 20.1 Å². The van der Waals surface area contributed by atoms with Crippen molar-refractivity contribution in [2.45, 2.75) is 46.1 Å². The van der Waals surface area contributed by atoms with Crippen LogP contribution in [0, 0.1) is 5.92 Å². The predicted octanol–water partition coefficient (Wildman–Crippen LogP) is 7.01. The number of rotatable bonds is 8. The van der Waals surface area contributed by atoms with Crippen LogP contribution in [-0.2, 0) is 22.4 Å². The van der Waals surface area contributed by atoms with Crippen molar-refractivity contribution in [3.8, 4) is 5.75 Å². The van der Waals surface area contributed by atoms with E-state index in [0.29, 0.717) is 43.5 Å². The first-order valence-electron chi connectivity index (χ1n) is 12.3. The SMILES string of the molecule is CCOC(=O)c1c(NC(=O)c2ccc(O[C@@H](C)C(=O)Nc3cc(Cl)ccc3Cl)cc2)sc2c1CC[C@H](C)C2. The Hall–Kier alpha value is -3.07. The predicted molar refractivity (Wildman–Crippen MR) is 151 cm³/mol. The van der Waals surface area contributed by atoms with Crippen molar-refractivity contribution in [1.29, 1.82) is 0 Å². The molecule has 2 amide bonds. The fraction of sp³-hybridized carbons (Fsp3) is 0.321. The second-order valence-corrected chi connectivity index (χ2v) is 11.1. The second-order valence-electron chi connectivity index (χ2n) is 9.13. The van der Waals surface area contributed by atoms with E-state index in [1.54, 1.807) is 56.3 Å². The summed E-state index contributed by atoms with van der Waals surface area (Å²) in [5.74, 6) is -0.230. The van der Waals surface area contributed by atoms with Gasteiger partial charge >= 0.3 is 5.97 Å². The number of carbonyl (C=O) groups excluding carboxylic acids is 3. The lowest BCUT2D eigenvalue weighted by Gasteiger charge is -2.18. The van der Waals surface area contributed by atoms with Crippen molar-refractivity contribution >= 4 is 63.0 Å². The molecule has 7 nitrogen and oxygen atoms in total. The Morgan fingerprint density at radius 2 is 1.84 bits per heavy atom. The number of hydrogen-bond donors (Lipinski definition) is 2. The molecule has 2 atom stereocenters. The van der Waals surface area contributed by atoms with Crippen LogP contribution in [0.4, 0.5) is 10.7 Å². The minimum Gasteiger partial charge on any atom is -0.481 e. The van der Waals surface area contributed by atoms with Crippen LogP contribution in [0.15, 0.2) is 42.5 Å². The average Bonchev–Trinajstić information content (AvgIpc) is 3.23. The van der Waals surface area contributed by atoms with Gasteiger partial charge in [0.1, 0.15) is 10.8 Å². The lowest BCUT2D eigenvalue weighted by Crippen LogP contribution is -2.30. The fourth-order valence-corrected chi connectivity index (χ4v) is 5.93. The van der Waals surface area contributed by atoms with E-state index in [4.69, 9.17) is 32.7 Å². The van der Waals surface area contributed by atoms with Gasteiger partial charge in [-0.2, -0.15) is 0 Å². The van der Waals surface area contributed by atoms with Crippen molar-refractivity contribution in [2.24, 2.45) is 5.92 Å². The molecule has 4 rings (SSSR count). The molecule has 1 aromatic heterocycles. The van der Waals surface area contributed by atoms with Crippen LogP contribution in [0.25, 0.3) is 0 Å². The molecule has 0 fully saturated rings. The van der Waals surface area contributed by atoms with Gasteiger partial charge in [-0.1, -0.05) is 30.1 Å². The van der Waals surface area contributed by atoms with Crippen molar-refractivity contribution in [3.63, 3.8) is 0 Å². The highest BCUT2D eigenvalue weighted by Crippen LogP contribution is 2.40. The van der Waals surface area contributed by atoms with Gasteiger partial charge in [-0.15, -0.1) is 11.3 Å². The summed E-state index contributed by atoms with van der Waals surface area (Å²) in [7, 11) is 0. The molecule has 10 heteroatoms. The summed E-state index contributed by atoms with van der Waals surface area (Å²) in [5, 5.41) is 6.91. The summed E-state index contributed by atoms with van der Waals surface area (Å²) < 4.78 is 11.0. The molecule has 200 valence electrons. The van der Waals surface area contributed by atoms with Gasteiger partial charge in [0.2, 0.25) is 0 Å². The zero-order valence-corrected chi connectivity index (χ0v) is 23.6. The topological polar surface area (TPSA) is 93.7 Å². The van der Waals surface area contributed by atoms with Crippen LogP contribution in [0.2, 0.25) is 10.0 Å². The van der Waals surface area contributed by atoms with E-state index in [-0.39, 0.29) is 12.5 Å². The minimum absolute atomic E-state index is 0.261. The molecule has 3 aromatic rings. The highest BCUT2D eigenvalue weighted by atomic mass is 35.5. The minimum atomic E-state index is -0.836. The third kappa shape index (κ3) is 6.49. The number of anilines is 2. The number of benzene rings is 2. The van der Waals surface area contributed by atoms with Gasteiger partial charge in [-0.05, 0) is 87.1 Å². The summed E-state index contributed by atoms with van der Waals surface area (Å²) in [4.78, 5) is 39.4. The highest BCUT2D eigenvalue weighted by molar-refractivity contribution is 7.17. The molecule has 0 radical (unpaired) electrons. The molecule has 0 spiro atoms.